The first-order chi connectivity index (χ1) is 15.2. The molecule has 154 valence electrons. The third-order valence-corrected chi connectivity index (χ3v) is 4.76. The minimum absolute atomic E-state index is 0.303. The van der Waals surface area contributed by atoms with Crippen LogP contribution in [0.5, 0.6) is 5.75 Å². The van der Waals surface area contributed by atoms with Crippen LogP contribution >= 0.6 is 11.6 Å². The molecule has 2 aromatic carbocycles. The van der Waals surface area contributed by atoms with Gasteiger partial charge in [0.25, 0.3) is 5.91 Å². The molecule has 0 saturated heterocycles. The first-order valence-electron chi connectivity index (χ1n) is 9.44. The maximum absolute atomic E-state index is 12.2. The summed E-state index contributed by atoms with van der Waals surface area (Å²) >= 11 is 6.15. The number of hydrazone groups is 1. The molecule has 7 nitrogen and oxygen atoms in total. The molecule has 4 aromatic rings. The number of pyridine rings is 1. The summed E-state index contributed by atoms with van der Waals surface area (Å²) in [5.74, 6) is 0.320. The van der Waals surface area contributed by atoms with E-state index in [1.165, 1.54) is 6.21 Å². The largest absolute Gasteiger partial charge is 0.489 e. The lowest BCUT2D eigenvalue weighted by molar-refractivity contribution is 0.0950. The quantitative estimate of drug-likeness (QED) is 0.333. The summed E-state index contributed by atoms with van der Waals surface area (Å²) in [7, 11) is 0. The van der Waals surface area contributed by atoms with E-state index < -0.39 is 5.91 Å². The lowest BCUT2D eigenvalue weighted by atomic mass is 10.1. The van der Waals surface area contributed by atoms with Crippen molar-refractivity contribution in [2.75, 3.05) is 0 Å². The first-order valence-corrected chi connectivity index (χ1v) is 9.82. The Hall–Kier alpha value is -3.97. The standard InChI is InChI=1S/C23H18ClN5O2/c24-20-6-2-1-5-18(20)15-31-19-9-7-17(8-10-19)21-12-22(28-27-21)23(30)29-26-14-16-4-3-11-25-13-16/h1-14H,15H2,(H,27,28)(H,29,30)/b26-14+. The normalized spacial score (nSPS) is 10.9. The van der Waals surface area contributed by atoms with Crippen molar-refractivity contribution in [1.82, 2.24) is 20.6 Å². The number of carbonyl (C=O) groups is 1. The molecule has 0 radical (unpaired) electrons. The van der Waals surface area contributed by atoms with Gasteiger partial charge in [-0.3, -0.25) is 14.9 Å². The molecule has 1 amide bonds. The molecule has 0 atom stereocenters. The second-order valence-electron chi connectivity index (χ2n) is 6.56. The second-order valence-corrected chi connectivity index (χ2v) is 6.96. The van der Waals surface area contributed by atoms with Gasteiger partial charge in [0, 0.05) is 34.1 Å². The third kappa shape index (κ3) is 5.34. The van der Waals surface area contributed by atoms with Crippen molar-refractivity contribution in [3.8, 4) is 17.0 Å². The predicted molar refractivity (Wildman–Crippen MR) is 119 cm³/mol. The zero-order valence-electron chi connectivity index (χ0n) is 16.3. The molecular weight excluding hydrogens is 414 g/mol. The van der Waals surface area contributed by atoms with Crippen molar-refractivity contribution < 1.29 is 9.53 Å². The predicted octanol–water partition coefficient (Wildman–Crippen LogP) is 4.47. The number of ether oxygens (including phenoxy) is 1. The number of hydrogen-bond acceptors (Lipinski definition) is 5. The number of aromatic nitrogens is 3. The lowest BCUT2D eigenvalue weighted by Gasteiger charge is -2.08. The summed E-state index contributed by atoms with van der Waals surface area (Å²) in [6.45, 7) is 0.380. The molecule has 2 aromatic heterocycles. The number of nitrogens with zero attached hydrogens (tertiary/aromatic N) is 3. The van der Waals surface area contributed by atoms with Crippen molar-refractivity contribution in [3.63, 3.8) is 0 Å². The van der Waals surface area contributed by atoms with Crippen LogP contribution in [0.25, 0.3) is 11.3 Å². The summed E-state index contributed by atoms with van der Waals surface area (Å²) < 4.78 is 5.79. The highest BCUT2D eigenvalue weighted by molar-refractivity contribution is 6.31. The number of rotatable bonds is 7. The molecule has 31 heavy (non-hydrogen) atoms. The molecule has 0 unspecified atom stereocenters. The Balaban J connectivity index is 1.35. The molecule has 2 heterocycles. The molecule has 0 spiro atoms. The van der Waals surface area contributed by atoms with Crippen LogP contribution in [0.3, 0.4) is 0 Å². The van der Waals surface area contributed by atoms with E-state index >= 15 is 0 Å². The van der Waals surface area contributed by atoms with Gasteiger partial charge in [-0.15, -0.1) is 0 Å². The lowest BCUT2D eigenvalue weighted by Crippen LogP contribution is -2.18. The van der Waals surface area contributed by atoms with Gasteiger partial charge in [0.05, 0.1) is 11.9 Å². The van der Waals surface area contributed by atoms with Gasteiger partial charge >= 0.3 is 0 Å². The van der Waals surface area contributed by atoms with E-state index in [1.54, 1.807) is 24.5 Å². The number of aromatic amines is 1. The molecule has 0 aliphatic carbocycles. The SMILES string of the molecule is O=C(N/N=C/c1cccnc1)c1cc(-c2ccc(OCc3ccccc3Cl)cc2)n[nH]1. The molecule has 8 heteroatoms. The van der Waals surface area contributed by atoms with E-state index in [9.17, 15) is 4.79 Å². The van der Waals surface area contributed by atoms with Crippen LogP contribution in [0.4, 0.5) is 0 Å². The number of benzene rings is 2. The number of carbonyl (C=O) groups excluding carboxylic acids is 1. The van der Waals surface area contributed by atoms with Crippen molar-refractivity contribution >= 4 is 23.7 Å². The highest BCUT2D eigenvalue weighted by Crippen LogP contribution is 2.23. The van der Waals surface area contributed by atoms with Gasteiger partial charge in [-0.1, -0.05) is 35.9 Å². The number of halogens is 1. The Morgan fingerprint density at radius 2 is 1.97 bits per heavy atom. The summed E-state index contributed by atoms with van der Waals surface area (Å²) in [6, 6.07) is 20.3. The van der Waals surface area contributed by atoms with Gasteiger partial charge < -0.3 is 4.74 Å². The second kappa shape index (κ2) is 9.69. The van der Waals surface area contributed by atoms with Crippen LogP contribution in [0.15, 0.2) is 84.2 Å². The Bertz CT molecular complexity index is 1190. The maximum Gasteiger partial charge on any atom is 0.289 e. The van der Waals surface area contributed by atoms with Gasteiger partial charge in [0.2, 0.25) is 0 Å². The van der Waals surface area contributed by atoms with Gasteiger partial charge in [0.1, 0.15) is 18.1 Å². The Kier molecular flexibility index (Phi) is 6.35. The zero-order valence-corrected chi connectivity index (χ0v) is 17.1. The summed E-state index contributed by atoms with van der Waals surface area (Å²) in [6.07, 6.45) is 4.83. The van der Waals surface area contributed by atoms with E-state index in [0.29, 0.717) is 28.8 Å². The van der Waals surface area contributed by atoms with Gasteiger partial charge in [-0.25, -0.2) is 5.43 Å². The van der Waals surface area contributed by atoms with Gasteiger partial charge in [-0.2, -0.15) is 10.2 Å². The smallest absolute Gasteiger partial charge is 0.289 e. The summed E-state index contributed by atoms with van der Waals surface area (Å²) in [5, 5.41) is 11.5. The maximum atomic E-state index is 12.2. The van der Waals surface area contributed by atoms with Crippen molar-refractivity contribution in [2.45, 2.75) is 6.61 Å². The molecule has 0 saturated carbocycles. The molecule has 2 N–H and O–H groups in total. The van der Waals surface area contributed by atoms with E-state index in [0.717, 1.165) is 16.7 Å². The van der Waals surface area contributed by atoms with Crippen LogP contribution in [-0.4, -0.2) is 27.3 Å². The topological polar surface area (TPSA) is 92.3 Å². The first kappa shape index (κ1) is 20.3. The van der Waals surface area contributed by atoms with Crippen molar-refractivity contribution in [3.05, 3.63) is 101 Å². The van der Waals surface area contributed by atoms with Crippen molar-refractivity contribution in [1.29, 1.82) is 0 Å². The molecule has 0 bridgehead atoms. The molecule has 0 aliphatic heterocycles. The van der Waals surface area contributed by atoms with E-state index in [-0.39, 0.29) is 0 Å². The fourth-order valence-electron chi connectivity index (χ4n) is 2.76. The number of nitrogens with one attached hydrogen (secondary N) is 2. The summed E-state index contributed by atoms with van der Waals surface area (Å²) in [4.78, 5) is 16.2. The third-order valence-electron chi connectivity index (χ3n) is 4.39. The molecule has 4 rings (SSSR count). The van der Waals surface area contributed by atoms with E-state index in [1.807, 2.05) is 54.6 Å². The number of hydrogen-bond donors (Lipinski definition) is 2. The highest BCUT2D eigenvalue weighted by atomic mass is 35.5. The van der Waals surface area contributed by atoms with Crippen LogP contribution in [0.2, 0.25) is 5.02 Å². The monoisotopic (exact) mass is 431 g/mol. The molecule has 0 fully saturated rings. The van der Waals surface area contributed by atoms with E-state index in [2.05, 4.69) is 25.7 Å². The average molecular weight is 432 g/mol. The molecule has 0 aliphatic rings. The van der Waals surface area contributed by atoms with Crippen LogP contribution in [-0.2, 0) is 6.61 Å². The Morgan fingerprint density at radius 1 is 1.13 bits per heavy atom. The van der Waals surface area contributed by atoms with E-state index in [4.69, 9.17) is 16.3 Å². The minimum Gasteiger partial charge on any atom is -0.489 e. The fraction of sp³-hybridized carbons (Fsp3) is 0.0435. The fourth-order valence-corrected chi connectivity index (χ4v) is 2.95. The number of H-pyrrole nitrogens is 1. The van der Waals surface area contributed by atoms with Crippen LogP contribution < -0.4 is 10.2 Å². The average Bonchev–Trinajstić information content (AvgIpc) is 3.30. The van der Waals surface area contributed by atoms with Crippen LogP contribution in [0.1, 0.15) is 21.6 Å². The Morgan fingerprint density at radius 3 is 2.74 bits per heavy atom. The Labute approximate surface area is 183 Å². The minimum atomic E-state index is -0.390. The van der Waals surface area contributed by atoms with Gasteiger partial charge in [-0.05, 0) is 42.5 Å². The number of amides is 1. The van der Waals surface area contributed by atoms with Gasteiger partial charge in [0.15, 0.2) is 0 Å². The van der Waals surface area contributed by atoms with Crippen LogP contribution in [0, 0.1) is 0 Å². The van der Waals surface area contributed by atoms with Crippen molar-refractivity contribution in [2.24, 2.45) is 5.10 Å². The zero-order chi connectivity index (χ0) is 21.5. The highest BCUT2D eigenvalue weighted by Gasteiger charge is 2.10. The summed E-state index contributed by atoms with van der Waals surface area (Å²) in [5.41, 5.74) is 5.95. The molecular formula is C23H18ClN5O2.